The summed E-state index contributed by atoms with van der Waals surface area (Å²) in [6, 6.07) is 8.08. The molecule has 4 heteroatoms. The van der Waals surface area contributed by atoms with Crippen molar-refractivity contribution >= 4 is 5.97 Å². The van der Waals surface area contributed by atoms with E-state index < -0.39 is 11.9 Å². The Bertz CT molecular complexity index is 429. The number of hydrogen-bond acceptors (Lipinski definition) is 3. The second-order valence-corrected chi connectivity index (χ2v) is 5.34. The second-order valence-electron chi connectivity index (χ2n) is 5.34. The van der Waals surface area contributed by atoms with Crippen molar-refractivity contribution in [1.29, 1.82) is 0 Å². The first-order valence-corrected chi connectivity index (χ1v) is 7.11. The van der Waals surface area contributed by atoms with E-state index in [1.165, 1.54) is 11.1 Å². The highest BCUT2D eigenvalue weighted by Gasteiger charge is 2.22. The molecule has 1 rings (SSSR count). The van der Waals surface area contributed by atoms with Gasteiger partial charge in [-0.15, -0.1) is 0 Å². The Balaban J connectivity index is 2.87. The van der Waals surface area contributed by atoms with E-state index in [4.69, 9.17) is 5.11 Å². The number of carboxylic acids is 1. The summed E-state index contributed by atoms with van der Waals surface area (Å²) in [4.78, 5) is 13.1. The van der Waals surface area contributed by atoms with Gasteiger partial charge in [-0.1, -0.05) is 38.1 Å². The summed E-state index contributed by atoms with van der Waals surface area (Å²) in [7, 11) is 0. The molecule has 0 aromatic heterocycles. The summed E-state index contributed by atoms with van der Waals surface area (Å²) < 4.78 is 0. The Morgan fingerprint density at radius 1 is 1.35 bits per heavy atom. The van der Waals surface area contributed by atoms with Gasteiger partial charge in [-0.3, -0.25) is 9.69 Å². The first-order valence-electron chi connectivity index (χ1n) is 7.11. The van der Waals surface area contributed by atoms with Crippen LogP contribution in [0, 0.1) is 12.8 Å². The van der Waals surface area contributed by atoms with E-state index in [-0.39, 0.29) is 12.6 Å². The average molecular weight is 279 g/mol. The molecule has 0 spiro atoms. The van der Waals surface area contributed by atoms with Crippen LogP contribution in [-0.2, 0) is 11.3 Å². The highest BCUT2D eigenvalue weighted by atomic mass is 16.4. The quantitative estimate of drug-likeness (QED) is 0.766. The van der Waals surface area contributed by atoms with Gasteiger partial charge in [0.2, 0.25) is 0 Å². The van der Waals surface area contributed by atoms with Crippen LogP contribution in [-0.4, -0.2) is 40.3 Å². The van der Waals surface area contributed by atoms with Gasteiger partial charge in [0.05, 0.1) is 12.5 Å². The zero-order chi connectivity index (χ0) is 15.1. The Morgan fingerprint density at radius 3 is 2.50 bits per heavy atom. The number of benzene rings is 1. The predicted octanol–water partition coefficient (Wildman–Crippen LogP) is 2.29. The Labute approximate surface area is 121 Å². The van der Waals surface area contributed by atoms with Gasteiger partial charge in [0.15, 0.2) is 0 Å². The van der Waals surface area contributed by atoms with Crippen LogP contribution in [0.3, 0.4) is 0 Å². The third kappa shape index (κ3) is 4.62. The number of carbonyl (C=O) groups is 1. The molecule has 0 aliphatic carbocycles. The molecule has 2 atom stereocenters. The van der Waals surface area contributed by atoms with E-state index >= 15 is 0 Å². The number of aryl methyl sites for hydroxylation is 1. The molecule has 0 radical (unpaired) electrons. The molecule has 1 aromatic rings. The standard InChI is InChI=1S/C16H25NO3/c1-4-15(11-18)17(9-13(3)16(19)20)10-14-8-6-5-7-12(14)2/h5-8,13,15,18H,4,9-11H2,1-3H3,(H,19,20). The number of hydrogen-bond donors (Lipinski definition) is 2. The van der Waals surface area contributed by atoms with Crippen molar-refractivity contribution in [2.24, 2.45) is 5.92 Å². The lowest BCUT2D eigenvalue weighted by Gasteiger charge is -2.31. The highest BCUT2D eigenvalue weighted by Crippen LogP contribution is 2.16. The molecule has 0 heterocycles. The van der Waals surface area contributed by atoms with Crippen LogP contribution in [0.5, 0.6) is 0 Å². The molecule has 0 fully saturated rings. The third-order valence-electron chi connectivity index (χ3n) is 3.76. The van der Waals surface area contributed by atoms with Crippen LogP contribution in [0.25, 0.3) is 0 Å². The molecule has 112 valence electrons. The fraction of sp³-hybridized carbons (Fsp3) is 0.562. The number of aliphatic carboxylic acids is 1. The molecular weight excluding hydrogens is 254 g/mol. The van der Waals surface area contributed by atoms with Crippen molar-refractivity contribution in [3.63, 3.8) is 0 Å². The molecule has 0 amide bonds. The molecule has 4 nitrogen and oxygen atoms in total. The molecule has 0 saturated carbocycles. The van der Waals surface area contributed by atoms with Gasteiger partial charge in [-0.2, -0.15) is 0 Å². The normalized spacial score (nSPS) is 14.2. The monoisotopic (exact) mass is 279 g/mol. The molecule has 0 bridgehead atoms. The zero-order valence-electron chi connectivity index (χ0n) is 12.5. The first-order chi connectivity index (χ1) is 9.49. The Morgan fingerprint density at radius 2 is 2.00 bits per heavy atom. The average Bonchev–Trinajstić information content (AvgIpc) is 2.42. The van der Waals surface area contributed by atoms with Crippen LogP contribution in [0.4, 0.5) is 0 Å². The van der Waals surface area contributed by atoms with Crippen molar-refractivity contribution in [2.45, 2.75) is 39.8 Å². The van der Waals surface area contributed by atoms with E-state index in [0.717, 1.165) is 6.42 Å². The predicted molar refractivity (Wildman–Crippen MR) is 79.6 cm³/mol. The van der Waals surface area contributed by atoms with Gasteiger partial charge in [0.25, 0.3) is 0 Å². The maximum atomic E-state index is 11.1. The lowest BCUT2D eigenvalue weighted by Crippen LogP contribution is -2.41. The van der Waals surface area contributed by atoms with E-state index in [1.54, 1.807) is 6.92 Å². The van der Waals surface area contributed by atoms with Gasteiger partial charge < -0.3 is 10.2 Å². The van der Waals surface area contributed by atoms with E-state index in [9.17, 15) is 9.90 Å². The summed E-state index contributed by atoms with van der Waals surface area (Å²) in [5.41, 5.74) is 2.37. The van der Waals surface area contributed by atoms with Gasteiger partial charge >= 0.3 is 5.97 Å². The van der Waals surface area contributed by atoms with Gasteiger partial charge in [0.1, 0.15) is 0 Å². The summed E-state index contributed by atoms with van der Waals surface area (Å²) >= 11 is 0. The van der Waals surface area contributed by atoms with Crippen LogP contribution < -0.4 is 0 Å². The first kappa shape index (κ1) is 16.7. The lowest BCUT2D eigenvalue weighted by atomic mass is 10.0. The lowest BCUT2D eigenvalue weighted by molar-refractivity contribution is -0.142. The number of rotatable bonds is 8. The SMILES string of the molecule is CCC(CO)N(Cc1ccccc1C)CC(C)C(=O)O. The van der Waals surface area contributed by atoms with Crippen molar-refractivity contribution < 1.29 is 15.0 Å². The van der Waals surface area contributed by atoms with Crippen molar-refractivity contribution in [2.75, 3.05) is 13.2 Å². The Kier molecular flexibility index (Phi) is 6.68. The summed E-state index contributed by atoms with van der Waals surface area (Å²) in [5, 5.41) is 18.6. The fourth-order valence-electron chi connectivity index (χ4n) is 2.28. The molecule has 1 aromatic carbocycles. The Hall–Kier alpha value is -1.39. The third-order valence-corrected chi connectivity index (χ3v) is 3.76. The van der Waals surface area contributed by atoms with Gasteiger partial charge in [-0.25, -0.2) is 0 Å². The summed E-state index contributed by atoms with van der Waals surface area (Å²) in [6.45, 7) is 6.93. The highest BCUT2D eigenvalue weighted by molar-refractivity contribution is 5.69. The number of carboxylic acid groups (broad SMARTS) is 1. The molecule has 0 saturated heterocycles. The summed E-state index contributed by atoms with van der Waals surface area (Å²) in [6.07, 6.45) is 0.800. The van der Waals surface area contributed by atoms with Crippen LogP contribution in [0.15, 0.2) is 24.3 Å². The number of aliphatic hydroxyl groups excluding tert-OH is 1. The summed E-state index contributed by atoms with van der Waals surface area (Å²) in [5.74, 6) is -1.24. The van der Waals surface area contributed by atoms with Crippen molar-refractivity contribution in [3.05, 3.63) is 35.4 Å². The minimum atomic E-state index is -0.799. The molecule has 0 aliphatic heterocycles. The topological polar surface area (TPSA) is 60.8 Å². The minimum absolute atomic E-state index is 0.00333. The zero-order valence-corrected chi connectivity index (χ0v) is 12.5. The largest absolute Gasteiger partial charge is 0.481 e. The molecule has 0 aliphatic rings. The van der Waals surface area contributed by atoms with Gasteiger partial charge in [-0.05, 0) is 24.5 Å². The van der Waals surface area contributed by atoms with Crippen LogP contribution in [0.2, 0.25) is 0 Å². The van der Waals surface area contributed by atoms with Crippen molar-refractivity contribution in [3.8, 4) is 0 Å². The number of nitrogens with zero attached hydrogens (tertiary/aromatic N) is 1. The fourth-order valence-corrected chi connectivity index (χ4v) is 2.28. The number of aliphatic hydroxyl groups is 1. The smallest absolute Gasteiger partial charge is 0.307 e. The van der Waals surface area contributed by atoms with Crippen LogP contribution >= 0.6 is 0 Å². The minimum Gasteiger partial charge on any atom is -0.481 e. The molecule has 20 heavy (non-hydrogen) atoms. The molecular formula is C16H25NO3. The molecule has 2 N–H and O–H groups in total. The molecule has 2 unspecified atom stereocenters. The van der Waals surface area contributed by atoms with E-state index in [2.05, 4.69) is 11.0 Å². The van der Waals surface area contributed by atoms with E-state index in [0.29, 0.717) is 13.1 Å². The van der Waals surface area contributed by atoms with Crippen LogP contribution in [0.1, 0.15) is 31.4 Å². The van der Waals surface area contributed by atoms with Gasteiger partial charge in [0, 0.05) is 19.1 Å². The maximum Gasteiger partial charge on any atom is 0.307 e. The van der Waals surface area contributed by atoms with Crippen molar-refractivity contribution in [1.82, 2.24) is 4.90 Å². The maximum absolute atomic E-state index is 11.1. The van der Waals surface area contributed by atoms with E-state index in [1.807, 2.05) is 32.0 Å². The second kappa shape index (κ2) is 8.02.